The second-order valence-corrected chi connectivity index (χ2v) is 13.1. The fourth-order valence-corrected chi connectivity index (χ4v) is 5.13. The SMILES string of the molecule is COC(=O)NS(=O)(=O)c1ccc(N)cc1.COP(=O)(SC)SC. The van der Waals surface area contributed by atoms with Crippen LogP contribution in [-0.2, 0) is 23.8 Å². The first-order valence-electron chi connectivity index (χ1n) is 5.87. The molecular formula is C11H19N2O6PS3. The number of nitrogens with two attached hydrogens (primary N) is 1. The molecule has 0 saturated heterocycles. The van der Waals surface area contributed by atoms with E-state index in [0.29, 0.717) is 5.69 Å². The predicted octanol–water partition coefficient (Wildman–Crippen LogP) is 2.78. The maximum atomic E-state index is 11.5. The van der Waals surface area contributed by atoms with Crippen LogP contribution in [0.25, 0.3) is 0 Å². The summed E-state index contributed by atoms with van der Waals surface area (Å²) in [4.78, 5) is 10.7. The number of carbonyl (C=O) groups excluding carboxylic acids is 1. The average molecular weight is 402 g/mol. The molecule has 0 heterocycles. The number of anilines is 1. The van der Waals surface area contributed by atoms with E-state index in [1.807, 2.05) is 0 Å². The Kier molecular flexibility index (Phi) is 9.71. The van der Waals surface area contributed by atoms with Gasteiger partial charge in [-0.25, -0.2) is 17.9 Å². The molecule has 0 unspecified atom stereocenters. The van der Waals surface area contributed by atoms with Gasteiger partial charge in [-0.05, 0) is 36.8 Å². The van der Waals surface area contributed by atoms with Crippen LogP contribution in [0.3, 0.4) is 0 Å². The Balaban J connectivity index is 0.000000515. The van der Waals surface area contributed by atoms with E-state index in [-0.39, 0.29) is 4.90 Å². The number of ether oxygens (including phenoxy) is 1. The summed E-state index contributed by atoms with van der Waals surface area (Å²) in [5.74, 6) is -2.33. The smallest absolute Gasteiger partial charge is 0.420 e. The van der Waals surface area contributed by atoms with Gasteiger partial charge in [-0.2, -0.15) is 0 Å². The van der Waals surface area contributed by atoms with Crippen LogP contribution < -0.4 is 10.5 Å². The van der Waals surface area contributed by atoms with Gasteiger partial charge in [0.1, 0.15) is 0 Å². The third-order valence-electron chi connectivity index (χ3n) is 2.26. The Bertz CT molecular complexity index is 631. The van der Waals surface area contributed by atoms with Crippen LogP contribution in [0.4, 0.5) is 10.5 Å². The third-order valence-corrected chi connectivity index (χ3v) is 11.2. The first-order chi connectivity index (χ1) is 10.6. The number of nitrogens with one attached hydrogen (secondary N) is 1. The lowest BCUT2D eigenvalue weighted by molar-refractivity contribution is 0.177. The van der Waals surface area contributed by atoms with Crippen LogP contribution in [0.5, 0.6) is 0 Å². The van der Waals surface area contributed by atoms with Crippen molar-refractivity contribution < 1.29 is 27.0 Å². The molecule has 1 rings (SSSR count). The predicted molar refractivity (Wildman–Crippen MR) is 95.2 cm³/mol. The monoisotopic (exact) mass is 402 g/mol. The maximum absolute atomic E-state index is 11.5. The molecule has 0 radical (unpaired) electrons. The molecule has 1 aromatic carbocycles. The zero-order chi connectivity index (χ0) is 18.1. The van der Waals surface area contributed by atoms with Crippen LogP contribution in [0.15, 0.2) is 29.2 Å². The lowest BCUT2D eigenvalue weighted by atomic mass is 10.3. The van der Waals surface area contributed by atoms with Crippen molar-refractivity contribution in [2.24, 2.45) is 0 Å². The Hall–Kier alpha value is -0.870. The summed E-state index contributed by atoms with van der Waals surface area (Å²) in [7, 11) is -1.33. The van der Waals surface area contributed by atoms with Gasteiger partial charge in [-0.1, -0.05) is 22.8 Å². The van der Waals surface area contributed by atoms with Crippen LogP contribution in [0.1, 0.15) is 0 Å². The number of rotatable bonds is 5. The summed E-state index contributed by atoms with van der Waals surface area (Å²) in [6.45, 7) is 0. The normalized spacial score (nSPS) is 11.1. The van der Waals surface area contributed by atoms with E-state index in [4.69, 9.17) is 10.3 Å². The molecule has 0 spiro atoms. The van der Waals surface area contributed by atoms with E-state index in [1.54, 1.807) is 17.2 Å². The second kappa shape index (κ2) is 10.1. The van der Waals surface area contributed by atoms with Gasteiger partial charge in [0.15, 0.2) is 0 Å². The van der Waals surface area contributed by atoms with Gasteiger partial charge in [0.05, 0.1) is 12.0 Å². The number of methoxy groups -OCH3 is 1. The molecular weight excluding hydrogens is 383 g/mol. The molecule has 23 heavy (non-hydrogen) atoms. The molecule has 0 aliphatic rings. The Morgan fingerprint density at radius 1 is 1.17 bits per heavy atom. The molecule has 0 saturated carbocycles. The summed E-state index contributed by atoms with van der Waals surface area (Å²) in [6.07, 6.45) is 2.52. The standard InChI is InChI=1S/C8H10N2O4S.C3H9O2PS2/c1-14-8(11)10-15(12,13)7-4-2-6(9)3-5-7;1-5-6(4,7-2)8-3/h2-5H,9H2,1H3,(H,10,11);1-3H3. The number of carbonyl (C=O) groups is 1. The molecule has 132 valence electrons. The van der Waals surface area contributed by atoms with Crippen molar-refractivity contribution in [1.29, 1.82) is 0 Å². The van der Waals surface area contributed by atoms with E-state index in [9.17, 15) is 17.8 Å². The Labute approximate surface area is 143 Å². The molecule has 8 nitrogen and oxygen atoms in total. The highest BCUT2D eigenvalue weighted by molar-refractivity contribution is 8.88. The zero-order valence-corrected chi connectivity index (χ0v) is 16.4. The van der Waals surface area contributed by atoms with Gasteiger partial charge in [-0.15, -0.1) is 0 Å². The second-order valence-electron chi connectivity index (χ2n) is 3.66. The molecule has 1 amide bonds. The molecule has 0 fully saturated rings. The lowest BCUT2D eigenvalue weighted by Gasteiger charge is -2.07. The highest BCUT2D eigenvalue weighted by Gasteiger charge is 2.17. The van der Waals surface area contributed by atoms with Crippen LogP contribution in [-0.4, -0.2) is 41.2 Å². The first-order valence-corrected chi connectivity index (χ1v) is 12.6. The number of amides is 1. The number of nitrogen functional groups attached to an aromatic ring is 1. The fourth-order valence-electron chi connectivity index (χ4n) is 1.08. The summed E-state index contributed by atoms with van der Waals surface area (Å²) < 4.78 is 44.6. The van der Waals surface area contributed by atoms with Crippen molar-refractivity contribution in [3.05, 3.63) is 24.3 Å². The van der Waals surface area contributed by atoms with Crippen molar-refractivity contribution >= 4 is 50.3 Å². The quantitative estimate of drug-likeness (QED) is 0.565. The van der Waals surface area contributed by atoms with E-state index in [1.165, 1.54) is 54.1 Å². The zero-order valence-electron chi connectivity index (χ0n) is 13.0. The molecule has 0 aliphatic heterocycles. The number of benzene rings is 1. The fraction of sp³-hybridized carbons (Fsp3) is 0.364. The van der Waals surface area contributed by atoms with Gasteiger partial charge in [0.2, 0.25) is 0 Å². The molecule has 0 aliphatic carbocycles. The van der Waals surface area contributed by atoms with Crippen molar-refractivity contribution in [3.8, 4) is 0 Å². The average Bonchev–Trinajstić information content (AvgIpc) is 2.54. The van der Waals surface area contributed by atoms with E-state index in [0.717, 1.165) is 7.11 Å². The van der Waals surface area contributed by atoms with Gasteiger partial charge in [0.25, 0.3) is 10.0 Å². The molecule has 0 bridgehead atoms. The summed E-state index contributed by atoms with van der Waals surface area (Å²) in [5.41, 5.74) is 5.83. The van der Waals surface area contributed by atoms with Crippen molar-refractivity contribution in [2.75, 3.05) is 32.5 Å². The molecule has 0 atom stereocenters. The minimum Gasteiger partial charge on any atom is -0.452 e. The van der Waals surface area contributed by atoms with Gasteiger partial charge in [-0.3, -0.25) is 4.57 Å². The molecule has 12 heteroatoms. The molecule has 3 N–H and O–H groups in total. The van der Waals surface area contributed by atoms with E-state index >= 15 is 0 Å². The maximum Gasteiger partial charge on any atom is 0.420 e. The third kappa shape index (κ3) is 7.98. The van der Waals surface area contributed by atoms with Gasteiger partial charge < -0.3 is 15.0 Å². The van der Waals surface area contributed by atoms with Crippen molar-refractivity contribution in [2.45, 2.75) is 4.90 Å². The van der Waals surface area contributed by atoms with Crippen molar-refractivity contribution in [1.82, 2.24) is 4.72 Å². The summed E-state index contributed by atoms with van der Waals surface area (Å²) >= 11 is 2.54. The summed E-state index contributed by atoms with van der Waals surface area (Å²) in [5, 5.41) is 0. The van der Waals surface area contributed by atoms with Crippen LogP contribution >= 0.6 is 28.5 Å². The van der Waals surface area contributed by atoms with Gasteiger partial charge in [0, 0.05) is 12.8 Å². The minimum absolute atomic E-state index is 0.0536. The lowest BCUT2D eigenvalue weighted by Crippen LogP contribution is -2.30. The van der Waals surface area contributed by atoms with Crippen molar-refractivity contribution in [3.63, 3.8) is 0 Å². The first kappa shape index (κ1) is 22.1. The minimum atomic E-state index is -3.87. The van der Waals surface area contributed by atoms with Crippen LogP contribution in [0, 0.1) is 0 Å². The number of hydrogen-bond acceptors (Lipinski definition) is 9. The van der Waals surface area contributed by atoms with Crippen LogP contribution in [0.2, 0.25) is 0 Å². The molecule has 1 aromatic rings. The largest absolute Gasteiger partial charge is 0.452 e. The summed E-state index contributed by atoms with van der Waals surface area (Å²) in [6, 6.07) is 5.43. The Morgan fingerprint density at radius 2 is 1.65 bits per heavy atom. The van der Waals surface area contributed by atoms with E-state index in [2.05, 4.69) is 4.74 Å². The highest BCUT2D eigenvalue weighted by atomic mass is 33.1. The number of hydrogen-bond donors (Lipinski definition) is 2. The Morgan fingerprint density at radius 3 is 1.96 bits per heavy atom. The van der Waals surface area contributed by atoms with Gasteiger partial charge >= 0.3 is 11.9 Å². The highest BCUT2D eigenvalue weighted by Crippen LogP contribution is 2.66. The number of sulfonamides is 1. The van der Waals surface area contributed by atoms with E-state index < -0.39 is 21.9 Å². The topological polar surface area (TPSA) is 125 Å². The molecule has 0 aromatic heterocycles.